The van der Waals surface area contributed by atoms with E-state index < -0.39 is 0 Å². The normalized spacial score (nSPS) is 33.2. The maximum Gasteiger partial charge on any atom is 0.308 e. The summed E-state index contributed by atoms with van der Waals surface area (Å²) in [6.07, 6.45) is 8.83. The first kappa shape index (κ1) is 17.0. The van der Waals surface area contributed by atoms with Crippen molar-refractivity contribution in [3.05, 3.63) is 0 Å². The van der Waals surface area contributed by atoms with Crippen LogP contribution in [0, 0.1) is 11.8 Å². The molecule has 0 atom stereocenters. The number of methoxy groups -OCH3 is 2. The van der Waals surface area contributed by atoms with Crippen LogP contribution in [0.3, 0.4) is 0 Å². The van der Waals surface area contributed by atoms with Gasteiger partial charge in [-0.15, -0.1) is 0 Å². The third-order valence-corrected chi connectivity index (χ3v) is 9.26. The maximum atomic E-state index is 11.5. The van der Waals surface area contributed by atoms with Crippen LogP contribution < -0.4 is 21.2 Å². The Kier molecular flexibility index (Phi) is 6.76. The molecule has 2 saturated carbocycles. The first-order valence-corrected chi connectivity index (χ1v) is 10.4. The molecule has 0 spiro atoms. The molecule has 4 nitrogen and oxygen atoms in total. The van der Waals surface area contributed by atoms with Crippen molar-refractivity contribution in [3.8, 4) is 0 Å². The zero-order valence-corrected chi connectivity index (χ0v) is 15.1. The lowest BCUT2D eigenvalue weighted by molar-refractivity contribution is -0.726. The molecule has 0 amide bonds. The molecule has 21 heavy (non-hydrogen) atoms. The molecule has 0 aliphatic heterocycles. The van der Waals surface area contributed by atoms with E-state index in [1.807, 2.05) is 0 Å². The number of ether oxygens (including phenoxy) is 2. The lowest BCUT2D eigenvalue weighted by Crippen LogP contribution is -3.68. The van der Waals surface area contributed by atoms with E-state index in [1.165, 1.54) is 39.9 Å². The average Bonchev–Trinajstić information content (AvgIpc) is 2.55. The Morgan fingerprint density at radius 3 is 1.33 bits per heavy atom. The number of halogens is 1. The van der Waals surface area contributed by atoms with Crippen LogP contribution in [0.5, 0.6) is 0 Å². The van der Waals surface area contributed by atoms with Gasteiger partial charge in [0.25, 0.3) is 21.2 Å². The summed E-state index contributed by atoms with van der Waals surface area (Å²) in [5.74, 6) is 0.242. The number of alkyl halides is 2. The molecule has 0 aromatic carbocycles. The second-order valence-electron chi connectivity index (χ2n) is 6.07. The van der Waals surface area contributed by atoms with E-state index in [0.29, 0.717) is 0 Å². The molecular weight excluding hydrogens is 383 g/mol. The Bertz CT molecular complexity index is 321. The van der Waals surface area contributed by atoms with Crippen LogP contribution >= 0.6 is 0 Å². The SMILES string of the molecule is COC(=O)C1CCC([I+]C2CCC(C(=O)OC)CC2)CC1. The number of hydrogen-bond acceptors (Lipinski definition) is 4. The molecule has 0 unspecified atom stereocenters. The van der Waals surface area contributed by atoms with Crippen LogP contribution in [0.4, 0.5) is 0 Å². The molecule has 0 radical (unpaired) electrons. The maximum absolute atomic E-state index is 11.5. The van der Waals surface area contributed by atoms with Crippen molar-refractivity contribution in [1.29, 1.82) is 0 Å². The lowest BCUT2D eigenvalue weighted by atomic mass is 9.89. The van der Waals surface area contributed by atoms with Gasteiger partial charge in [0.05, 0.1) is 26.1 Å². The summed E-state index contributed by atoms with van der Waals surface area (Å²) < 4.78 is 11.4. The summed E-state index contributed by atoms with van der Waals surface area (Å²) in [4.78, 5) is 23.1. The Labute approximate surface area is 137 Å². The minimum atomic E-state index is -0.0229. The van der Waals surface area contributed by atoms with Gasteiger partial charge in [0.1, 0.15) is 0 Å². The quantitative estimate of drug-likeness (QED) is 0.358. The highest BCUT2D eigenvalue weighted by Crippen LogP contribution is 2.25. The fourth-order valence-corrected chi connectivity index (χ4v) is 7.73. The highest BCUT2D eigenvalue weighted by Gasteiger charge is 2.40. The summed E-state index contributed by atoms with van der Waals surface area (Å²) in [6, 6.07) is 0. The van der Waals surface area contributed by atoms with E-state index in [-0.39, 0.29) is 45.0 Å². The number of hydrogen-bond donors (Lipinski definition) is 0. The van der Waals surface area contributed by atoms with Crippen molar-refractivity contribution < 1.29 is 40.3 Å². The molecule has 0 aromatic rings. The summed E-state index contributed by atoms with van der Waals surface area (Å²) in [6.45, 7) is 0. The highest BCUT2D eigenvalue weighted by atomic mass is 127. The van der Waals surface area contributed by atoms with Crippen molar-refractivity contribution in [2.24, 2.45) is 11.8 Å². The Balaban J connectivity index is 1.68. The summed E-state index contributed by atoms with van der Waals surface area (Å²) in [5.41, 5.74) is 0. The second-order valence-corrected chi connectivity index (χ2v) is 10.3. The molecule has 120 valence electrons. The monoisotopic (exact) mass is 409 g/mol. The summed E-state index contributed by atoms with van der Waals surface area (Å²) in [5, 5.41) is 0. The molecule has 0 heterocycles. The minimum Gasteiger partial charge on any atom is -0.469 e. The van der Waals surface area contributed by atoms with Crippen molar-refractivity contribution in [2.45, 2.75) is 59.2 Å². The molecule has 2 aliphatic carbocycles. The number of esters is 2. The third kappa shape index (κ3) is 4.83. The van der Waals surface area contributed by atoms with Crippen LogP contribution in [0.25, 0.3) is 0 Å². The molecule has 0 N–H and O–H groups in total. The van der Waals surface area contributed by atoms with E-state index in [4.69, 9.17) is 9.47 Å². The van der Waals surface area contributed by atoms with Gasteiger partial charge in [-0.2, -0.15) is 0 Å². The van der Waals surface area contributed by atoms with Crippen molar-refractivity contribution in [2.75, 3.05) is 14.2 Å². The Morgan fingerprint density at radius 2 is 1.05 bits per heavy atom. The van der Waals surface area contributed by atoms with Crippen LogP contribution in [0.1, 0.15) is 51.4 Å². The van der Waals surface area contributed by atoms with Gasteiger partial charge in [-0.3, -0.25) is 9.59 Å². The smallest absolute Gasteiger partial charge is 0.308 e. The van der Waals surface area contributed by atoms with Gasteiger partial charge in [-0.25, -0.2) is 0 Å². The Hall–Kier alpha value is -0.330. The zero-order valence-electron chi connectivity index (χ0n) is 13.0. The van der Waals surface area contributed by atoms with E-state index in [9.17, 15) is 9.59 Å². The highest BCUT2D eigenvalue weighted by molar-refractivity contribution is 5.72. The molecule has 0 saturated heterocycles. The van der Waals surface area contributed by atoms with Crippen LogP contribution in [-0.4, -0.2) is 34.0 Å². The Morgan fingerprint density at radius 1 is 0.714 bits per heavy atom. The fourth-order valence-electron chi connectivity index (χ4n) is 3.41. The van der Waals surface area contributed by atoms with E-state index >= 15 is 0 Å². The summed E-state index contributed by atoms with van der Waals surface area (Å²) >= 11 is 0.191. The predicted molar refractivity (Wildman–Crippen MR) is 75.5 cm³/mol. The average molecular weight is 409 g/mol. The van der Waals surface area contributed by atoms with Gasteiger partial charge in [-0.1, -0.05) is 0 Å². The third-order valence-electron chi connectivity index (χ3n) is 4.74. The van der Waals surface area contributed by atoms with Crippen molar-refractivity contribution >= 4 is 11.9 Å². The van der Waals surface area contributed by atoms with Gasteiger partial charge >= 0.3 is 11.9 Å². The van der Waals surface area contributed by atoms with E-state index in [1.54, 1.807) is 0 Å². The molecule has 2 fully saturated rings. The topological polar surface area (TPSA) is 52.6 Å². The molecule has 0 bridgehead atoms. The van der Waals surface area contributed by atoms with Crippen molar-refractivity contribution in [3.63, 3.8) is 0 Å². The molecule has 0 aromatic heterocycles. The van der Waals surface area contributed by atoms with Gasteiger partial charge in [0, 0.05) is 0 Å². The van der Waals surface area contributed by atoms with Crippen LogP contribution in [0.15, 0.2) is 0 Å². The van der Waals surface area contributed by atoms with Crippen molar-refractivity contribution in [1.82, 2.24) is 0 Å². The van der Waals surface area contributed by atoms with Gasteiger partial charge in [0.2, 0.25) is 0 Å². The van der Waals surface area contributed by atoms with Gasteiger partial charge in [-0.05, 0) is 51.4 Å². The minimum absolute atomic E-state index is 0.0229. The number of carbonyl (C=O) groups is 2. The number of rotatable bonds is 4. The molecule has 2 aliphatic rings. The molecular formula is C16H26IO4+. The zero-order chi connectivity index (χ0) is 15.2. The van der Waals surface area contributed by atoms with E-state index in [2.05, 4.69) is 0 Å². The molecule has 2 rings (SSSR count). The van der Waals surface area contributed by atoms with Gasteiger partial charge in [0.15, 0.2) is 7.85 Å². The molecule has 5 heteroatoms. The van der Waals surface area contributed by atoms with Crippen LogP contribution in [0.2, 0.25) is 0 Å². The first-order chi connectivity index (χ1) is 10.1. The van der Waals surface area contributed by atoms with Gasteiger partial charge < -0.3 is 9.47 Å². The largest absolute Gasteiger partial charge is 0.469 e. The second kappa shape index (κ2) is 8.34. The van der Waals surface area contributed by atoms with Crippen LogP contribution in [-0.2, 0) is 19.1 Å². The summed E-state index contributed by atoms with van der Waals surface area (Å²) in [7, 11) is 2.97. The van der Waals surface area contributed by atoms with E-state index in [0.717, 1.165) is 33.5 Å². The predicted octanol–water partition coefficient (Wildman–Crippen LogP) is -0.461. The first-order valence-electron chi connectivity index (χ1n) is 7.91. The fraction of sp³-hybridized carbons (Fsp3) is 0.875. The number of carbonyl (C=O) groups excluding carboxylic acids is 2. The standard InChI is InChI=1S/C16H26IO4/c1-20-15(18)11-3-7-13(8-4-11)17-14-9-5-12(6-10-14)16(19)21-2/h11-14H,3-10H2,1-2H3/q+1. The lowest BCUT2D eigenvalue weighted by Gasteiger charge is -2.24.